The van der Waals surface area contributed by atoms with Crippen LogP contribution in [0.4, 0.5) is 0 Å². The number of aryl methyl sites for hydroxylation is 1. The Kier molecular flexibility index (Phi) is 7.73. The van der Waals surface area contributed by atoms with Crippen molar-refractivity contribution in [3.05, 3.63) is 29.8 Å². The molecule has 0 aliphatic heterocycles. The molecular weight excluding hydrogens is 254 g/mol. The molecule has 0 aromatic heterocycles. The quantitative estimate of drug-likeness (QED) is 0.514. The van der Waals surface area contributed by atoms with E-state index in [9.17, 15) is 4.79 Å². The van der Waals surface area contributed by atoms with E-state index >= 15 is 0 Å². The van der Waals surface area contributed by atoms with E-state index < -0.39 is 0 Å². The van der Waals surface area contributed by atoms with Crippen molar-refractivity contribution in [3.63, 3.8) is 0 Å². The fourth-order valence-electron chi connectivity index (χ4n) is 1.94. The third-order valence-corrected chi connectivity index (χ3v) is 3.09. The average Bonchev–Trinajstić information content (AvgIpc) is 2.43. The molecule has 0 heterocycles. The van der Waals surface area contributed by atoms with Gasteiger partial charge in [-0.2, -0.15) is 0 Å². The number of carbonyl (C=O) groups excluding carboxylic acids is 1. The van der Waals surface area contributed by atoms with E-state index in [1.54, 1.807) is 0 Å². The van der Waals surface area contributed by atoms with Gasteiger partial charge in [-0.3, -0.25) is 4.79 Å². The summed E-state index contributed by atoms with van der Waals surface area (Å²) in [7, 11) is 3.48. The number of carbonyl (C=O) groups is 1. The molecule has 4 nitrogen and oxygen atoms in total. The van der Waals surface area contributed by atoms with Crippen LogP contribution in [0.1, 0.15) is 24.8 Å². The van der Waals surface area contributed by atoms with E-state index in [2.05, 4.69) is 29.7 Å². The van der Waals surface area contributed by atoms with Crippen LogP contribution in [-0.4, -0.2) is 44.7 Å². The van der Waals surface area contributed by atoms with Crippen molar-refractivity contribution in [1.82, 2.24) is 4.90 Å². The summed E-state index contributed by atoms with van der Waals surface area (Å²) in [5, 5.41) is 0. The van der Waals surface area contributed by atoms with Gasteiger partial charge in [-0.05, 0) is 51.1 Å². The molecular formula is C16H25NO3. The molecule has 0 bridgehead atoms. The summed E-state index contributed by atoms with van der Waals surface area (Å²) in [5.74, 6) is 0.791. The Labute approximate surface area is 121 Å². The van der Waals surface area contributed by atoms with Gasteiger partial charge in [0.05, 0.1) is 13.7 Å². The molecule has 20 heavy (non-hydrogen) atoms. The van der Waals surface area contributed by atoms with Crippen LogP contribution >= 0.6 is 0 Å². The van der Waals surface area contributed by atoms with E-state index in [1.807, 2.05) is 18.2 Å². The average molecular weight is 279 g/mol. The molecule has 0 radical (unpaired) electrons. The maximum Gasteiger partial charge on any atom is 0.305 e. The van der Waals surface area contributed by atoms with Gasteiger partial charge in [0.1, 0.15) is 5.75 Å². The van der Waals surface area contributed by atoms with E-state index in [1.165, 1.54) is 12.7 Å². The standard InChI is InChI=1S/C16H25NO3/c1-14-7-4-8-15(13-14)20-12-6-11-17(2)10-5-9-16(18)19-3/h4,7-8,13H,5-6,9-12H2,1-3H3. The van der Waals surface area contributed by atoms with Crippen molar-refractivity contribution >= 4 is 5.97 Å². The van der Waals surface area contributed by atoms with Gasteiger partial charge in [-0.25, -0.2) is 0 Å². The SMILES string of the molecule is COC(=O)CCCN(C)CCCOc1cccc(C)c1. The molecule has 0 aliphatic carbocycles. The van der Waals surface area contributed by atoms with Gasteiger partial charge in [0.2, 0.25) is 0 Å². The summed E-state index contributed by atoms with van der Waals surface area (Å²) in [5.41, 5.74) is 1.21. The number of benzene rings is 1. The Hall–Kier alpha value is -1.55. The zero-order chi connectivity index (χ0) is 14.8. The lowest BCUT2D eigenvalue weighted by molar-refractivity contribution is -0.140. The molecule has 0 spiro atoms. The van der Waals surface area contributed by atoms with Crippen LogP contribution in [0.3, 0.4) is 0 Å². The minimum Gasteiger partial charge on any atom is -0.494 e. The summed E-state index contributed by atoms with van der Waals surface area (Å²) < 4.78 is 10.3. The maximum absolute atomic E-state index is 11.0. The molecule has 1 aromatic carbocycles. The molecule has 1 aromatic rings. The van der Waals surface area contributed by atoms with E-state index in [-0.39, 0.29) is 5.97 Å². The van der Waals surface area contributed by atoms with Crippen molar-refractivity contribution in [2.24, 2.45) is 0 Å². The smallest absolute Gasteiger partial charge is 0.305 e. The number of hydrogen-bond acceptors (Lipinski definition) is 4. The van der Waals surface area contributed by atoms with Gasteiger partial charge in [0, 0.05) is 13.0 Å². The highest BCUT2D eigenvalue weighted by Gasteiger charge is 2.03. The molecule has 0 saturated heterocycles. The second-order valence-corrected chi connectivity index (χ2v) is 5.00. The Morgan fingerprint density at radius 3 is 2.70 bits per heavy atom. The first kappa shape index (κ1) is 16.5. The molecule has 1 rings (SSSR count). The van der Waals surface area contributed by atoms with Crippen LogP contribution in [0.25, 0.3) is 0 Å². The molecule has 0 unspecified atom stereocenters. The van der Waals surface area contributed by atoms with Gasteiger partial charge in [-0.15, -0.1) is 0 Å². The molecule has 0 N–H and O–H groups in total. The normalized spacial score (nSPS) is 10.6. The van der Waals surface area contributed by atoms with Crippen LogP contribution in [0.15, 0.2) is 24.3 Å². The lowest BCUT2D eigenvalue weighted by Gasteiger charge is -2.16. The minimum atomic E-state index is -0.138. The molecule has 0 amide bonds. The largest absolute Gasteiger partial charge is 0.494 e. The first-order chi connectivity index (χ1) is 9.61. The predicted octanol–water partition coefficient (Wildman–Crippen LogP) is 2.65. The number of esters is 1. The van der Waals surface area contributed by atoms with Crippen molar-refractivity contribution in [2.75, 3.05) is 33.9 Å². The van der Waals surface area contributed by atoms with Crippen molar-refractivity contribution in [3.8, 4) is 5.75 Å². The fourth-order valence-corrected chi connectivity index (χ4v) is 1.94. The number of rotatable bonds is 9. The highest BCUT2D eigenvalue weighted by molar-refractivity contribution is 5.69. The topological polar surface area (TPSA) is 38.8 Å². The second-order valence-electron chi connectivity index (χ2n) is 5.00. The highest BCUT2D eigenvalue weighted by Crippen LogP contribution is 2.12. The van der Waals surface area contributed by atoms with Gasteiger partial charge in [0.15, 0.2) is 0 Å². The Morgan fingerprint density at radius 2 is 2.00 bits per heavy atom. The van der Waals surface area contributed by atoms with Crippen LogP contribution < -0.4 is 4.74 Å². The first-order valence-electron chi connectivity index (χ1n) is 7.06. The highest BCUT2D eigenvalue weighted by atomic mass is 16.5. The molecule has 112 valence electrons. The van der Waals surface area contributed by atoms with Crippen LogP contribution in [-0.2, 0) is 9.53 Å². The summed E-state index contributed by atoms with van der Waals surface area (Å²) in [6.07, 6.45) is 2.30. The fraction of sp³-hybridized carbons (Fsp3) is 0.562. The second kappa shape index (κ2) is 9.37. The predicted molar refractivity (Wildman–Crippen MR) is 80.0 cm³/mol. The van der Waals surface area contributed by atoms with E-state index in [0.29, 0.717) is 13.0 Å². The Balaban J connectivity index is 2.07. The van der Waals surface area contributed by atoms with Gasteiger partial charge in [-0.1, -0.05) is 12.1 Å². The lowest BCUT2D eigenvalue weighted by Crippen LogP contribution is -2.23. The zero-order valence-electron chi connectivity index (χ0n) is 12.7. The lowest BCUT2D eigenvalue weighted by atomic mass is 10.2. The van der Waals surface area contributed by atoms with Gasteiger partial charge in [0.25, 0.3) is 0 Å². The molecule has 0 fully saturated rings. The van der Waals surface area contributed by atoms with Crippen LogP contribution in [0.2, 0.25) is 0 Å². The van der Waals surface area contributed by atoms with E-state index in [0.717, 1.165) is 31.7 Å². The van der Waals surface area contributed by atoms with Crippen LogP contribution in [0, 0.1) is 6.92 Å². The van der Waals surface area contributed by atoms with Gasteiger partial charge >= 0.3 is 5.97 Å². The summed E-state index contributed by atoms with van der Waals surface area (Å²) in [4.78, 5) is 13.2. The minimum absolute atomic E-state index is 0.138. The van der Waals surface area contributed by atoms with Gasteiger partial charge < -0.3 is 14.4 Å². The van der Waals surface area contributed by atoms with Crippen molar-refractivity contribution < 1.29 is 14.3 Å². The Morgan fingerprint density at radius 1 is 1.25 bits per heavy atom. The number of methoxy groups -OCH3 is 1. The van der Waals surface area contributed by atoms with Crippen LogP contribution in [0.5, 0.6) is 5.75 Å². The third-order valence-electron chi connectivity index (χ3n) is 3.09. The summed E-state index contributed by atoms with van der Waals surface area (Å²) >= 11 is 0. The number of ether oxygens (including phenoxy) is 2. The number of hydrogen-bond donors (Lipinski definition) is 0. The van der Waals surface area contributed by atoms with Crippen molar-refractivity contribution in [2.45, 2.75) is 26.2 Å². The third kappa shape index (κ3) is 7.14. The zero-order valence-corrected chi connectivity index (χ0v) is 12.7. The summed E-state index contributed by atoms with van der Waals surface area (Å²) in [6.45, 7) is 4.64. The molecule has 4 heteroatoms. The van der Waals surface area contributed by atoms with Crippen molar-refractivity contribution in [1.29, 1.82) is 0 Å². The monoisotopic (exact) mass is 279 g/mol. The summed E-state index contributed by atoms with van der Waals surface area (Å²) in [6, 6.07) is 8.08. The molecule has 0 saturated carbocycles. The Bertz CT molecular complexity index is 406. The maximum atomic E-state index is 11.0. The first-order valence-corrected chi connectivity index (χ1v) is 7.06. The number of nitrogens with zero attached hydrogens (tertiary/aromatic N) is 1. The molecule has 0 aliphatic rings. The molecule has 0 atom stereocenters. The van der Waals surface area contributed by atoms with E-state index in [4.69, 9.17) is 4.74 Å².